The Hall–Kier alpha value is -0.120. The molecule has 14 heavy (non-hydrogen) atoms. The third kappa shape index (κ3) is 1.95. The van der Waals surface area contributed by atoms with E-state index in [1.54, 1.807) is 0 Å². The van der Waals surface area contributed by atoms with Gasteiger partial charge in [0.15, 0.2) is 0 Å². The Bertz CT molecular complexity index is 180. The van der Waals surface area contributed by atoms with Crippen LogP contribution in [0.4, 0.5) is 0 Å². The lowest BCUT2D eigenvalue weighted by atomic mass is 10.0. The molecule has 2 aliphatic heterocycles. The van der Waals surface area contributed by atoms with Crippen LogP contribution in [0.1, 0.15) is 26.2 Å². The highest BCUT2D eigenvalue weighted by atomic mass is 16.5. The SMILES string of the molecule is CC1CCN(C2CCCOC2)C1CN. The minimum Gasteiger partial charge on any atom is -0.380 e. The lowest BCUT2D eigenvalue weighted by molar-refractivity contribution is 0.0112. The molecule has 2 saturated heterocycles. The summed E-state index contributed by atoms with van der Waals surface area (Å²) in [5.74, 6) is 0.766. The fourth-order valence-electron chi connectivity index (χ4n) is 2.84. The van der Waals surface area contributed by atoms with Gasteiger partial charge in [-0.05, 0) is 31.7 Å². The summed E-state index contributed by atoms with van der Waals surface area (Å²) in [7, 11) is 0. The zero-order chi connectivity index (χ0) is 9.97. The molecule has 3 nitrogen and oxygen atoms in total. The van der Waals surface area contributed by atoms with Crippen LogP contribution < -0.4 is 5.73 Å². The largest absolute Gasteiger partial charge is 0.380 e. The van der Waals surface area contributed by atoms with Gasteiger partial charge in [0, 0.05) is 25.2 Å². The highest BCUT2D eigenvalue weighted by Crippen LogP contribution is 2.28. The predicted molar refractivity (Wildman–Crippen MR) is 57.2 cm³/mol. The molecule has 0 amide bonds. The van der Waals surface area contributed by atoms with Gasteiger partial charge in [-0.1, -0.05) is 6.92 Å². The molecule has 2 fully saturated rings. The van der Waals surface area contributed by atoms with E-state index in [1.165, 1.54) is 25.8 Å². The van der Waals surface area contributed by atoms with E-state index in [-0.39, 0.29) is 0 Å². The molecule has 0 aromatic carbocycles. The first kappa shape index (κ1) is 10.4. The Morgan fingerprint density at radius 2 is 2.29 bits per heavy atom. The lowest BCUT2D eigenvalue weighted by Gasteiger charge is -2.35. The molecule has 0 bridgehead atoms. The van der Waals surface area contributed by atoms with Crippen molar-refractivity contribution in [3.63, 3.8) is 0 Å². The summed E-state index contributed by atoms with van der Waals surface area (Å²) in [6, 6.07) is 1.24. The number of nitrogens with two attached hydrogens (primary N) is 1. The lowest BCUT2D eigenvalue weighted by Crippen LogP contribution is -2.47. The molecule has 3 unspecified atom stereocenters. The van der Waals surface area contributed by atoms with E-state index >= 15 is 0 Å². The van der Waals surface area contributed by atoms with Crippen LogP contribution in [0.25, 0.3) is 0 Å². The minimum absolute atomic E-state index is 0.599. The van der Waals surface area contributed by atoms with Gasteiger partial charge < -0.3 is 10.5 Å². The maximum absolute atomic E-state index is 5.84. The van der Waals surface area contributed by atoms with Crippen molar-refractivity contribution in [2.24, 2.45) is 11.7 Å². The van der Waals surface area contributed by atoms with E-state index in [9.17, 15) is 0 Å². The first-order valence-electron chi connectivity index (χ1n) is 5.86. The maximum Gasteiger partial charge on any atom is 0.0621 e. The quantitative estimate of drug-likeness (QED) is 0.714. The van der Waals surface area contributed by atoms with Crippen LogP contribution in [0.3, 0.4) is 0 Å². The second kappa shape index (κ2) is 4.60. The molecule has 3 heteroatoms. The van der Waals surface area contributed by atoms with Crippen LogP contribution in [0.5, 0.6) is 0 Å². The van der Waals surface area contributed by atoms with Crippen molar-refractivity contribution in [2.45, 2.75) is 38.3 Å². The van der Waals surface area contributed by atoms with Crippen molar-refractivity contribution < 1.29 is 4.74 Å². The van der Waals surface area contributed by atoms with E-state index in [1.807, 2.05) is 0 Å². The van der Waals surface area contributed by atoms with Crippen molar-refractivity contribution in [1.29, 1.82) is 0 Å². The van der Waals surface area contributed by atoms with Crippen molar-refractivity contribution in [1.82, 2.24) is 4.90 Å². The van der Waals surface area contributed by atoms with Gasteiger partial charge in [-0.15, -0.1) is 0 Å². The fraction of sp³-hybridized carbons (Fsp3) is 1.00. The normalized spacial score (nSPS) is 40.3. The third-order valence-electron chi connectivity index (χ3n) is 3.77. The molecule has 0 aromatic heterocycles. The summed E-state index contributed by atoms with van der Waals surface area (Å²) in [4.78, 5) is 2.59. The summed E-state index contributed by atoms with van der Waals surface area (Å²) < 4.78 is 5.54. The molecule has 2 rings (SSSR count). The molecule has 3 atom stereocenters. The number of rotatable bonds is 2. The smallest absolute Gasteiger partial charge is 0.0621 e. The van der Waals surface area contributed by atoms with Crippen molar-refractivity contribution >= 4 is 0 Å². The first-order chi connectivity index (χ1) is 6.83. The fourth-order valence-corrected chi connectivity index (χ4v) is 2.84. The summed E-state index contributed by atoms with van der Waals surface area (Å²) in [6.45, 7) is 6.21. The standard InChI is InChI=1S/C11H22N2O/c1-9-4-5-13(11(9)7-12)10-3-2-6-14-8-10/h9-11H,2-8,12H2,1H3. The third-order valence-corrected chi connectivity index (χ3v) is 3.77. The molecule has 2 aliphatic rings. The molecule has 82 valence electrons. The molecule has 0 saturated carbocycles. The van der Waals surface area contributed by atoms with E-state index in [4.69, 9.17) is 10.5 Å². The predicted octanol–water partition coefficient (Wildman–Crippen LogP) is 0.835. The van der Waals surface area contributed by atoms with Crippen LogP contribution in [0.15, 0.2) is 0 Å². The Labute approximate surface area is 86.6 Å². The van der Waals surface area contributed by atoms with E-state index in [2.05, 4.69) is 11.8 Å². The van der Waals surface area contributed by atoms with E-state index in [0.29, 0.717) is 12.1 Å². The zero-order valence-corrected chi connectivity index (χ0v) is 9.11. The Morgan fingerprint density at radius 3 is 2.93 bits per heavy atom. The molecule has 2 N–H and O–H groups in total. The minimum atomic E-state index is 0.599. The zero-order valence-electron chi connectivity index (χ0n) is 9.11. The number of hydrogen-bond acceptors (Lipinski definition) is 3. The number of ether oxygens (including phenoxy) is 1. The van der Waals surface area contributed by atoms with Crippen LogP contribution in [-0.4, -0.2) is 43.3 Å². The van der Waals surface area contributed by atoms with Crippen molar-refractivity contribution in [2.75, 3.05) is 26.3 Å². The second-order valence-electron chi connectivity index (χ2n) is 4.68. The maximum atomic E-state index is 5.84. The van der Waals surface area contributed by atoms with Gasteiger partial charge in [0.05, 0.1) is 6.61 Å². The Morgan fingerprint density at radius 1 is 1.43 bits per heavy atom. The molecule has 0 radical (unpaired) electrons. The summed E-state index contributed by atoms with van der Waals surface area (Å²) in [5, 5.41) is 0. The molecular formula is C11H22N2O. The topological polar surface area (TPSA) is 38.5 Å². The number of nitrogens with zero attached hydrogens (tertiary/aromatic N) is 1. The van der Waals surface area contributed by atoms with Crippen molar-refractivity contribution in [3.05, 3.63) is 0 Å². The molecule has 0 spiro atoms. The molecular weight excluding hydrogens is 176 g/mol. The van der Waals surface area contributed by atoms with Crippen LogP contribution >= 0.6 is 0 Å². The average molecular weight is 198 g/mol. The first-order valence-corrected chi connectivity index (χ1v) is 5.86. The second-order valence-corrected chi connectivity index (χ2v) is 4.68. The van der Waals surface area contributed by atoms with Gasteiger partial charge in [-0.3, -0.25) is 4.90 Å². The summed E-state index contributed by atoms with van der Waals surface area (Å²) in [6.07, 6.45) is 3.81. The number of likely N-dealkylation sites (tertiary alicyclic amines) is 1. The number of hydrogen-bond donors (Lipinski definition) is 1. The van der Waals surface area contributed by atoms with Crippen LogP contribution in [0.2, 0.25) is 0 Å². The van der Waals surface area contributed by atoms with Gasteiger partial charge in [0.2, 0.25) is 0 Å². The molecule has 2 heterocycles. The van der Waals surface area contributed by atoms with Gasteiger partial charge in [0.25, 0.3) is 0 Å². The van der Waals surface area contributed by atoms with Gasteiger partial charge in [-0.2, -0.15) is 0 Å². The van der Waals surface area contributed by atoms with Gasteiger partial charge in [0.1, 0.15) is 0 Å². The molecule has 0 aromatic rings. The summed E-state index contributed by atoms with van der Waals surface area (Å²) >= 11 is 0. The van der Waals surface area contributed by atoms with E-state index < -0.39 is 0 Å². The average Bonchev–Trinajstić information content (AvgIpc) is 2.61. The summed E-state index contributed by atoms with van der Waals surface area (Å²) in [5.41, 5.74) is 5.84. The van der Waals surface area contributed by atoms with Crippen LogP contribution in [0, 0.1) is 5.92 Å². The van der Waals surface area contributed by atoms with Crippen LogP contribution in [-0.2, 0) is 4.74 Å². The van der Waals surface area contributed by atoms with Gasteiger partial charge >= 0.3 is 0 Å². The highest BCUT2D eigenvalue weighted by molar-refractivity contribution is 4.90. The highest BCUT2D eigenvalue weighted by Gasteiger charge is 2.35. The Kier molecular flexibility index (Phi) is 3.42. The van der Waals surface area contributed by atoms with Crippen molar-refractivity contribution in [3.8, 4) is 0 Å². The Balaban J connectivity index is 1.95. The monoisotopic (exact) mass is 198 g/mol. The molecule has 0 aliphatic carbocycles. The van der Waals surface area contributed by atoms with Gasteiger partial charge in [-0.25, -0.2) is 0 Å². The van der Waals surface area contributed by atoms with E-state index in [0.717, 1.165) is 25.7 Å².